The van der Waals surface area contributed by atoms with Gasteiger partial charge in [-0.1, -0.05) is 42.5 Å². The molecule has 3 aromatic carbocycles. The Bertz CT molecular complexity index is 1400. The van der Waals surface area contributed by atoms with Gasteiger partial charge in [-0.15, -0.1) is 13.2 Å². The van der Waals surface area contributed by atoms with E-state index in [1.54, 1.807) is 54.6 Å². The van der Waals surface area contributed by atoms with Crippen molar-refractivity contribution in [3.05, 3.63) is 89.5 Å². The molecule has 2 aliphatic heterocycles. The van der Waals surface area contributed by atoms with Gasteiger partial charge in [0.05, 0.1) is 6.54 Å². The average molecular weight is 601 g/mol. The molecule has 2 heterocycles. The minimum absolute atomic E-state index is 0.0225. The molecular weight excluding hydrogens is 572 g/mol. The summed E-state index contributed by atoms with van der Waals surface area (Å²) >= 11 is 0. The van der Waals surface area contributed by atoms with E-state index in [2.05, 4.69) is 4.74 Å². The van der Waals surface area contributed by atoms with Crippen LogP contribution >= 0.6 is 0 Å². The molecule has 3 aromatic rings. The van der Waals surface area contributed by atoms with E-state index < -0.39 is 42.3 Å². The Balaban J connectivity index is 1.59. The number of aliphatic hydroxyl groups is 1. The number of hydrogen-bond donors (Lipinski definition) is 1. The van der Waals surface area contributed by atoms with Gasteiger partial charge >= 0.3 is 12.5 Å². The van der Waals surface area contributed by atoms with Crippen LogP contribution in [0.25, 0.3) is 0 Å². The molecule has 226 valence electrons. The first-order valence-electron chi connectivity index (χ1n) is 13.3. The van der Waals surface area contributed by atoms with Gasteiger partial charge in [0.1, 0.15) is 5.75 Å². The van der Waals surface area contributed by atoms with E-state index in [0.717, 1.165) is 6.07 Å². The second-order valence-electron chi connectivity index (χ2n) is 10.8. The van der Waals surface area contributed by atoms with Crippen molar-refractivity contribution >= 4 is 11.4 Å². The minimum Gasteiger partial charge on any atom is -0.406 e. The Morgan fingerprint density at radius 2 is 1.55 bits per heavy atom. The van der Waals surface area contributed by atoms with Crippen molar-refractivity contribution in [2.75, 3.05) is 36.0 Å². The molecular formula is C30H28F8N2O2. The predicted octanol–water partition coefficient (Wildman–Crippen LogP) is 7.09. The highest BCUT2D eigenvalue weighted by atomic mass is 19.4. The van der Waals surface area contributed by atoms with Crippen molar-refractivity contribution in [3.63, 3.8) is 0 Å². The quantitative estimate of drug-likeness (QED) is 0.294. The summed E-state index contributed by atoms with van der Waals surface area (Å²) in [6.07, 6.45) is -13.0. The number of β-amino-alcohol motifs (C(OH)–C–C–N with tert-alkyl or cyclic N) is 1. The summed E-state index contributed by atoms with van der Waals surface area (Å²) in [6.45, 7) is -0.548. The molecule has 42 heavy (non-hydrogen) atoms. The van der Waals surface area contributed by atoms with E-state index in [4.69, 9.17) is 0 Å². The number of para-hydroxylation sites is 1. The normalized spacial score (nSPS) is 21.3. The van der Waals surface area contributed by atoms with Crippen LogP contribution in [-0.2, 0) is 11.8 Å². The van der Waals surface area contributed by atoms with Gasteiger partial charge in [-0.3, -0.25) is 0 Å². The summed E-state index contributed by atoms with van der Waals surface area (Å²) in [7, 11) is 0. The summed E-state index contributed by atoms with van der Waals surface area (Å²) in [4.78, 5) is 3.25. The van der Waals surface area contributed by atoms with Crippen LogP contribution in [0.3, 0.4) is 0 Å². The van der Waals surface area contributed by atoms with Crippen LogP contribution < -0.4 is 14.5 Å². The molecule has 4 nitrogen and oxygen atoms in total. The fourth-order valence-corrected chi connectivity index (χ4v) is 5.92. The molecule has 5 rings (SSSR count). The maximum absolute atomic E-state index is 13.8. The van der Waals surface area contributed by atoms with E-state index in [1.165, 1.54) is 17.0 Å². The fourth-order valence-electron chi connectivity index (χ4n) is 5.92. The van der Waals surface area contributed by atoms with Crippen LogP contribution in [0.5, 0.6) is 5.75 Å². The Labute approximate surface area is 237 Å². The molecule has 0 radical (unpaired) electrons. The van der Waals surface area contributed by atoms with E-state index in [9.17, 15) is 40.2 Å². The molecule has 0 saturated carbocycles. The summed E-state index contributed by atoms with van der Waals surface area (Å²) in [6, 6.07) is 19.3. The number of piperidine rings is 1. The van der Waals surface area contributed by atoms with Crippen LogP contribution in [0.15, 0.2) is 72.8 Å². The van der Waals surface area contributed by atoms with Crippen LogP contribution in [-0.4, -0.2) is 55.9 Å². The largest absolute Gasteiger partial charge is 0.573 e. The number of fused-ring (bicyclic) bond motifs is 1. The van der Waals surface area contributed by atoms with Crippen molar-refractivity contribution in [3.8, 4) is 5.75 Å². The number of rotatable bonds is 7. The fraction of sp³-hybridized carbons (Fsp3) is 0.400. The highest BCUT2D eigenvalue weighted by Crippen LogP contribution is 2.48. The van der Waals surface area contributed by atoms with Crippen LogP contribution in [0.4, 0.5) is 46.5 Å². The van der Waals surface area contributed by atoms with Crippen molar-refractivity contribution < 1.29 is 45.0 Å². The molecule has 0 aromatic heterocycles. The minimum atomic E-state index is -4.92. The third-order valence-electron chi connectivity index (χ3n) is 7.89. The lowest BCUT2D eigenvalue weighted by atomic mass is 9.71. The number of alkyl halides is 8. The van der Waals surface area contributed by atoms with Crippen molar-refractivity contribution in [2.24, 2.45) is 0 Å². The lowest BCUT2D eigenvalue weighted by molar-refractivity contribution is -0.274. The molecule has 0 spiro atoms. The van der Waals surface area contributed by atoms with Crippen molar-refractivity contribution in [1.29, 1.82) is 0 Å². The molecule has 12 heteroatoms. The molecule has 0 bridgehead atoms. The third-order valence-corrected chi connectivity index (χ3v) is 7.89. The van der Waals surface area contributed by atoms with E-state index in [-0.39, 0.29) is 38.9 Å². The molecule has 2 atom stereocenters. The van der Waals surface area contributed by atoms with Crippen LogP contribution in [0.1, 0.15) is 29.5 Å². The van der Waals surface area contributed by atoms with Gasteiger partial charge in [-0.2, -0.15) is 13.2 Å². The Kier molecular flexibility index (Phi) is 7.80. The van der Waals surface area contributed by atoms with E-state index in [1.807, 2.05) is 4.90 Å². The average Bonchev–Trinajstić information content (AvgIpc) is 3.21. The first-order valence-corrected chi connectivity index (χ1v) is 13.3. The van der Waals surface area contributed by atoms with E-state index >= 15 is 0 Å². The molecule has 2 aliphatic rings. The standard InChI is InChI=1S/C30H28F8N2O2/c31-28(32)11-13-39(14-12-28)22-7-4-6-21(16-22)27(17-20-5-3-8-23(15-20)42-30(36,37)38)19-40(18-26(41)29(33,34)35)25-10-2-1-9-24(25)27/h1-10,15-16,26,41H,11-14,17-19H2. The van der Waals surface area contributed by atoms with Gasteiger partial charge in [0.2, 0.25) is 0 Å². The Morgan fingerprint density at radius 1 is 0.857 bits per heavy atom. The predicted molar refractivity (Wildman–Crippen MR) is 141 cm³/mol. The highest BCUT2D eigenvalue weighted by molar-refractivity contribution is 5.68. The third kappa shape index (κ3) is 6.43. The number of anilines is 2. The van der Waals surface area contributed by atoms with Gasteiger partial charge in [0.25, 0.3) is 5.92 Å². The topological polar surface area (TPSA) is 35.9 Å². The first kappa shape index (κ1) is 29.9. The lowest BCUT2D eigenvalue weighted by Gasteiger charge is -2.36. The second kappa shape index (κ2) is 10.9. The van der Waals surface area contributed by atoms with Crippen molar-refractivity contribution in [1.82, 2.24) is 0 Å². The molecule has 1 N–H and O–H groups in total. The van der Waals surface area contributed by atoms with E-state index in [0.29, 0.717) is 28.1 Å². The second-order valence-corrected chi connectivity index (χ2v) is 10.8. The van der Waals surface area contributed by atoms with Crippen LogP contribution in [0.2, 0.25) is 0 Å². The zero-order valence-corrected chi connectivity index (χ0v) is 22.2. The summed E-state index contributed by atoms with van der Waals surface area (Å²) < 4.78 is 111. The molecule has 1 fully saturated rings. The Morgan fingerprint density at radius 3 is 2.24 bits per heavy atom. The number of aliphatic hydroxyl groups excluding tert-OH is 1. The van der Waals surface area contributed by atoms with Crippen molar-refractivity contribution in [2.45, 2.75) is 49.2 Å². The number of ether oxygens (including phenoxy) is 1. The lowest BCUT2D eigenvalue weighted by Crippen LogP contribution is -2.44. The number of hydrogen-bond acceptors (Lipinski definition) is 4. The monoisotopic (exact) mass is 600 g/mol. The SMILES string of the molecule is OC(CN1CC(Cc2cccc(OC(F)(F)F)c2)(c2cccc(N3CCC(F)(F)CC3)c2)c2ccccc21)C(F)(F)F. The molecule has 2 unspecified atom stereocenters. The van der Waals surface area contributed by atoms with Crippen LogP contribution in [0, 0.1) is 0 Å². The first-order chi connectivity index (χ1) is 19.7. The molecule has 0 amide bonds. The van der Waals surface area contributed by atoms with Gasteiger partial charge in [-0.05, 0) is 53.4 Å². The number of halogens is 8. The smallest absolute Gasteiger partial charge is 0.406 e. The summed E-state index contributed by atoms with van der Waals surface area (Å²) in [5.41, 5.74) is 1.76. The number of benzene rings is 3. The van der Waals surface area contributed by atoms with Gasteiger partial charge in [0, 0.05) is 49.3 Å². The Hall–Kier alpha value is -3.54. The molecule has 0 aliphatic carbocycles. The number of nitrogens with zero attached hydrogens (tertiary/aromatic N) is 2. The maximum atomic E-state index is 13.8. The zero-order valence-electron chi connectivity index (χ0n) is 22.2. The highest BCUT2D eigenvalue weighted by Gasteiger charge is 2.47. The van der Waals surface area contributed by atoms with Gasteiger partial charge in [-0.25, -0.2) is 8.78 Å². The van der Waals surface area contributed by atoms with Gasteiger partial charge < -0.3 is 19.6 Å². The maximum Gasteiger partial charge on any atom is 0.573 e. The van der Waals surface area contributed by atoms with Gasteiger partial charge in [0.15, 0.2) is 6.10 Å². The zero-order chi connectivity index (χ0) is 30.3. The summed E-state index contributed by atoms with van der Waals surface area (Å²) in [5.74, 6) is -3.20. The molecule has 1 saturated heterocycles. The summed E-state index contributed by atoms with van der Waals surface area (Å²) in [5, 5.41) is 9.95.